The average molecular weight is 542 g/mol. The van der Waals surface area contributed by atoms with E-state index in [-0.39, 0.29) is 0 Å². The number of fused-ring (bicyclic) bond motifs is 1. The van der Waals surface area contributed by atoms with Crippen LogP contribution in [0, 0.1) is 12.3 Å². The van der Waals surface area contributed by atoms with Crippen molar-refractivity contribution in [3.63, 3.8) is 0 Å². The van der Waals surface area contributed by atoms with Crippen molar-refractivity contribution >= 4 is 56.7 Å². The number of hydrogen-bond donors (Lipinski definition) is 0. The maximum atomic E-state index is 9.75. The third-order valence-corrected chi connectivity index (χ3v) is 4.67. The summed E-state index contributed by atoms with van der Waals surface area (Å²) >= 11 is 6.71. The molecule has 0 atom stereocenters. The van der Waals surface area contributed by atoms with Crippen LogP contribution in [0.5, 0.6) is 5.75 Å². The Morgan fingerprint density at radius 3 is 2.28 bits per heavy atom. The SMILES string of the molecule is COC1=C(Br)CC2=NN=CC2=C1.COc1cc(C)c([N+]#N)cc1Br.F[B-](F)(F)F. The zero-order valence-electron chi connectivity index (χ0n) is 15.5. The van der Waals surface area contributed by atoms with Gasteiger partial charge in [0, 0.05) is 22.0 Å². The second-order valence-electron chi connectivity index (χ2n) is 5.41. The Balaban J connectivity index is 0.000000237. The Kier molecular flexibility index (Phi) is 9.52. The van der Waals surface area contributed by atoms with Crippen LogP contribution in [0.4, 0.5) is 23.0 Å². The van der Waals surface area contributed by atoms with Crippen LogP contribution in [0.1, 0.15) is 12.0 Å². The standard InChI is InChI=1S/C8H7BrN2O.C8H8BrN2O.BF4/c1-12-8-2-5-4-10-11-7(5)3-6(8)9;1-5-3-8(12-2)6(9)4-7(5)11-10;2-1(3,4)5/h2,4H,3H2,1H3;3-4H,1-2H3;/q;+1;-1. The maximum Gasteiger partial charge on any atom is 0.673 e. The summed E-state index contributed by atoms with van der Waals surface area (Å²) in [5.41, 5.74) is 3.47. The summed E-state index contributed by atoms with van der Waals surface area (Å²) in [5, 5.41) is 16.4. The zero-order valence-corrected chi connectivity index (χ0v) is 18.6. The van der Waals surface area contributed by atoms with Crippen LogP contribution in [0.15, 0.2) is 48.7 Å². The van der Waals surface area contributed by atoms with E-state index >= 15 is 0 Å². The van der Waals surface area contributed by atoms with E-state index in [1.165, 1.54) is 0 Å². The third kappa shape index (κ3) is 8.37. The first-order valence-corrected chi connectivity index (χ1v) is 9.39. The van der Waals surface area contributed by atoms with Crippen molar-refractivity contribution in [2.75, 3.05) is 14.2 Å². The van der Waals surface area contributed by atoms with Gasteiger partial charge in [-0.25, -0.2) is 0 Å². The van der Waals surface area contributed by atoms with Gasteiger partial charge in [0.2, 0.25) is 5.39 Å². The first-order chi connectivity index (χ1) is 13.5. The highest BCUT2D eigenvalue weighted by atomic mass is 79.9. The topological polar surface area (TPSA) is 71.3 Å². The van der Waals surface area contributed by atoms with Gasteiger partial charge in [0.25, 0.3) is 0 Å². The minimum absolute atomic E-state index is 0.544. The van der Waals surface area contributed by atoms with Crippen LogP contribution in [0.3, 0.4) is 0 Å². The van der Waals surface area contributed by atoms with E-state index in [1.54, 1.807) is 32.6 Å². The Hall–Kier alpha value is -2.20. The van der Waals surface area contributed by atoms with Crippen LogP contribution in [0.25, 0.3) is 4.98 Å². The second kappa shape index (κ2) is 11.1. The van der Waals surface area contributed by atoms with Gasteiger partial charge in [0.15, 0.2) is 4.98 Å². The Morgan fingerprint density at radius 1 is 1.14 bits per heavy atom. The van der Waals surface area contributed by atoms with Crippen molar-refractivity contribution < 1.29 is 26.7 Å². The molecule has 0 bridgehead atoms. The number of methoxy groups -OCH3 is 2. The highest BCUT2D eigenvalue weighted by Crippen LogP contribution is 2.32. The van der Waals surface area contributed by atoms with Crippen molar-refractivity contribution in [3.05, 3.63) is 49.0 Å². The first kappa shape index (κ1) is 24.8. The minimum atomic E-state index is -6.00. The van der Waals surface area contributed by atoms with Gasteiger partial charge in [-0.1, -0.05) is 15.9 Å². The number of ether oxygens (including phenoxy) is 2. The van der Waals surface area contributed by atoms with Crippen molar-refractivity contribution in [2.24, 2.45) is 10.2 Å². The van der Waals surface area contributed by atoms with Crippen LogP contribution in [-0.2, 0) is 4.74 Å². The zero-order chi connectivity index (χ0) is 22.2. The Morgan fingerprint density at radius 2 is 1.76 bits per heavy atom. The van der Waals surface area contributed by atoms with Crippen molar-refractivity contribution in [3.8, 4) is 5.75 Å². The smallest absolute Gasteiger partial charge is 0.496 e. The summed E-state index contributed by atoms with van der Waals surface area (Å²) in [5.74, 6) is 1.59. The number of nitrogens with zero attached hydrogens (tertiary/aromatic N) is 4. The quantitative estimate of drug-likeness (QED) is 0.242. The summed E-state index contributed by atoms with van der Waals surface area (Å²) in [4.78, 5) is 3.12. The molecular formula is C16H15BBr2F4N4O2. The Bertz CT molecular complexity index is 918. The predicted octanol–water partition coefficient (Wildman–Crippen LogP) is 6.56. The summed E-state index contributed by atoms with van der Waals surface area (Å²) in [7, 11) is -2.75. The summed E-state index contributed by atoms with van der Waals surface area (Å²) in [6.07, 6.45) is 4.45. The molecule has 6 nitrogen and oxygen atoms in total. The largest absolute Gasteiger partial charge is 0.673 e. The molecule has 0 saturated heterocycles. The van der Waals surface area contributed by atoms with Gasteiger partial charge in [0.05, 0.1) is 36.7 Å². The Labute approximate surface area is 181 Å². The summed E-state index contributed by atoms with van der Waals surface area (Å²) in [6.45, 7) is 1.85. The number of diazo groups is 1. The number of aryl methyl sites for hydroxylation is 1. The molecule has 0 radical (unpaired) electrons. The van der Waals surface area contributed by atoms with Gasteiger partial charge >= 0.3 is 12.9 Å². The lowest BCUT2D eigenvalue weighted by atomic mass is 10.0. The predicted molar refractivity (Wildman–Crippen MR) is 112 cm³/mol. The fourth-order valence-corrected chi connectivity index (χ4v) is 3.12. The van der Waals surface area contributed by atoms with E-state index in [0.717, 1.165) is 43.7 Å². The third-order valence-electron chi connectivity index (χ3n) is 3.38. The second-order valence-corrected chi connectivity index (χ2v) is 7.22. The molecule has 3 rings (SSSR count). The number of rotatable bonds is 2. The van der Waals surface area contributed by atoms with Crippen molar-refractivity contribution in [2.45, 2.75) is 13.3 Å². The fourth-order valence-electron chi connectivity index (χ4n) is 2.08. The van der Waals surface area contributed by atoms with Gasteiger partial charge in [-0.2, -0.15) is 10.2 Å². The first-order valence-electron chi connectivity index (χ1n) is 7.81. The molecular weight excluding hydrogens is 527 g/mol. The molecule has 1 aliphatic heterocycles. The van der Waals surface area contributed by atoms with Gasteiger partial charge in [0.1, 0.15) is 11.5 Å². The van der Waals surface area contributed by atoms with Gasteiger partial charge in [-0.05, 0) is 35.0 Å². The number of benzene rings is 1. The summed E-state index contributed by atoms with van der Waals surface area (Å²) in [6, 6.07) is 3.51. The van der Waals surface area contributed by atoms with Gasteiger partial charge in [-0.15, -0.1) is 0 Å². The minimum Gasteiger partial charge on any atom is -0.496 e. The normalized spacial score (nSPS) is 14.3. The maximum absolute atomic E-state index is 9.75. The van der Waals surface area contributed by atoms with E-state index in [2.05, 4.69) is 47.0 Å². The van der Waals surface area contributed by atoms with Crippen LogP contribution in [0.2, 0.25) is 0 Å². The average Bonchev–Trinajstić information content (AvgIpc) is 3.08. The van der Waals surface area contributed by atoms with Crippen LogP contribution >= 0.6 is 31.9 Å². The van der Waals surface area contributed by atoms with Crippen LogP contribution < -0.4 is 4.74 Å². The highest BCUT2D eigenvalue weighted by Gasteiger charge is 2.21. The molecule has 0 saturated carbocycles. The van der Waals surface area contributed by atoms with E-state index in [4.69, 9.17) is 14.9 Å². The lowest BCUT2D eigenvalue weighted by molar-refractivity contribution is 0.304. The molecule has 1 aromatic carbocycles. The molecule has 156 valence electrons. The molecule has 0 aromatic heterocycles. The van der Waals surface area contributed by atoms with E-state index in [0.29, 0.717) is 5.69 Å². The molecule has 2 aliphatic rings. The molecule has 13 heteroatoms. The lowest BCUT2D eigenvalue weighted by Gasteiger charge is -2.12. The van der Waals surface area contributed by atoms with Crippen molar-refractivity contribution in [1.29, 1.82) is 5.39 Å². The van der Waals surface area contributed by atoms with Gasteiger partial charge < -0.3 is 26.7 Å². The molecule has 1 aromatic rings. The van der Waals surface area contributed by atoms with Crippen molar-refractivity contribution in [1.82, 2.24) is 0 Å². The summed E-state index contributed by atoms with van der Waals surface area (Å²) < 4.78 is 51.0. The number of halogens is 6. The molecule has 1 heterocycles. The van der Waals surface area contributed by atoms with E-state index in [9.17, 15) is 17.3 Å². The van der Waals surface area contributed by atoms with E-state index in [1.807, 2.05) is 13.0 Å². The fraction of sp³-hybridized carbons (Fsp3) is 0.250. The lowest BCUT2D eigenvalue weighted by Crippen LogP contribution is -2.07. The molecule has 0 spiro atoms. The highest BCUT2D eigenvalue weighted by molar-refractivity contribution is 9.11. The molecule has 0 amide bonds. The van der Waals surface area contributed by atoms with Crippen LogP contribution in [-0.4, -0.2) is 33.4 Å². The molecule has 29 heavy (non-hydrogen) atoms. The molecule has 0 fully saturated rings. The molecule has 0 unspecified atom stereocenters. The van der Waals surface area contributed by atoms with E-state index < -0.39 is 7.25 Å². The monoisotopic (exact) mass is 540 g/mol. The number of hydrogen-bond acceptors (Lipinski definition) is 5. The van der Waals surface area contributed by atoms with Gasteiger partial charge in [-0.3, -0.25) is 0 Å². The molecule has 1 aliphatic carbocycles. The number of allylic oxidation sites excluding steroid dienone is 3. The molecule has 0 N–H and O–H groups in total.